The van der Waals surface area contributed by atoms with E-state index in [0.29, 0.717) is 25.4 Å². The number of morpholine rings is 1. The van der Waals surface area contributed by atoms with Crippen LogP contribution in [0.25, 0.3) is 0 Å². The Labute approximate surface area is 117 Å². The highest BCUT2D eigenvalue weighted by Crippen LogP contribution is 2.13. The summed E-state index contributed by atoms with van der Waals surface area (Å²) < 4.78 is 23.9. The van der Waals surface area contributed by atoms with E-state index in [1.807, 2.05) is 6.92 Å². The fourth-order valence-electron chi connectivity index (χ4n) is 1.91. The van der Waals surface area contributed by atoms with Crippen LogP contribution in [0.4, 0.5) is 4.39 Å². The Morgan fingerprint density at radius 3 is 3.20 bits per heavy atom. The van der Waals surface area contributed by atoms with Crippen molar-refractivity contribution in [2.75, 3.05) is 26.2 Å². The molecule has 6 heteroatoms. The van der Waals surface area contributed by atoms with E-state index in [1.165, 1.54) is 12.1 Å². The molecule has 0 aromatic heterocycles. The number of rotatable bonds is 5. The van der Waals surface area contributed by atoms with E-state index in [-0.39, 0.29) is 17.8 Å². The molecule has 2 unspecified atom stereocenters. The minimum absolute atomic E-state index is 0.160. The van der Waals surface area contributed by atoms with Gasteiger partial charge in [-0.25, -0.2) is 4.39 Å². The minimum Gasteiger partial charge on any atom is -0.489 e. The van der Waals surface area contributed by atoms with Gasteiger partial charge in [-0.2, -0.15) is 0 Å². The highest BCUT2D eigenvalue weighted by molar-refractivity contribution is 5.81. The van der Waals surface area contributed by atoms with Gasteiger partial charge in [-0.05, 0) is 19.1 Å². The monoisotopic (exact) mass is 282 g/mol. The highest BCUT2D eigenvalue weighted by Gasteiger charge is 2.21. The van der Waals surface area contributed by atoms with Crippen LogP contribution in [0.1, 0.15) is 6.92 Å². The minimum atomic E-state index is -0.454. The van der Waals surface area contributed by atoms with E-state index >= 15 is 0 Å². The lowest BCUT2D eigenvalue weighted by molar-refractivity contribution is -0.134. The molecule has 0 spiro atoms. The Kier molecular flexibility index (Phi) is 5.31. The predicted molar refractivity (Wildman–Crippen MR) is 72.1 cm³/mol. The maximum Gasteiger partial charge on any atom is 0.250 e. The van der Waals surface area contributed by atoms with Crippen LogP contribution < -0.4 is 15.4 Å². The molecule has 110 valence electrons. The third kappa shape index (κ3) is 4.47. The van der Waals surface area contributed by atoms with Crippen molar-refractivity contribution < 1.29 is 18.7 Å². The lowest BCUT2D eigenvalue weighted by Crippen LogP contribution is -2.49. The maximum atomic E-state index is 13.0. The van der Waals surface area contributed by atoms with Crippen molar-refractivity contribution in [3.8, 4) is 5.75 Å². The molecular formula is C14H19FN2O3. The molecule has 0 bridgehead atoms. The largest absolute Gasteiger partial charge is 0.489 e. The smallest absolute Gasteiger partial charge is 0.250 e. The molecule has 1 aromatic carbocycles. The fourth-order valence-corrected chi connectivity index (χ4v) is 1.91. The Balaban J connectivity index is 1.74. The van der Waals surface area contributed by atoms with Crippen LogP contribution in [-0.2, 0) is 9.53 Å². The summed E-state index contributed by atoms with van der Waals surface area (Å²) in [6.45, 7) is 3.97. The van der Waals surface area contributed by atoms with Gasteiger partial charge in [0.05, 0.1) is 13.2 Å². The Hall–Kier alpha value is -1.66. The van der Waals surface area contributed by atoms with E-state index < -0.39 is 6.10 Å². The van der Waals surface area contributed by atoms with Crippen molar-refractivity contribution in [3.63, 3.8) is 0 Å². The Morgan fingerprint density at radius 1 is 1.65 bits per heavy atom. The molecule has 1 saturated heterocycles. The number of hydrogen-bond acceptors (Lipinski definition) is 4. The molecule has 1 aliphatic heterocycles. The Morgan fingerprint density at radius 2 is 2.50 bits per heavy atom. The number of carbonyl (C=O) groups is 1. The van der Waals surface area contributed by atoms with Gasteiger partial charge < -0.3 is 20.1 Å². The molecule has 1 fully saturated rings. The average molecular weight is 282 g/mol. The lowest BCUT2D eigenvalue weighted by atomic mass is 10.2. The van der Waals surface area contributed by atoms with Gasteiger partial charge in [-0.15, -0.1) is 0 Å². The van der Waals surface area contributed by atoms with Crippen LogP contribution in [0.3, 0.4) is 0 Å². The first-order chi connectivity index (χ1) is 9.65. The highest BCUT2D eigenvalue weighted by atomic mass is 19.1. The van der Waals surface area contributed by atoms with Gasteiger partial charge in [0.2, 0.25) is 0 Å². The SMILES string of the molecule is CC(CNC(=O)C1CNCCO1)Oc1cccc(F)c1. The van der Waals surface area contributed by atoms with Gasteiger partial charge in [0, 0.05) is 19.2 Å². The molecule has 2 rings (SSSR count). The van der Waals surface area contributed by atoms with E-state index in [2.05, 4.69) is 10.6 Å². The maximum absolute atomic E-state index is 13.0. The molecular weight excluding hydrogens is 263 g/mol. The van der Waals surface area contributed by atoms with Crippen molar-refractivity contribution in [1.82, 2.24) is 10.6 Å². The zero-order valence-corrected chi connectivity index (χ0v) is 11.4. The second-order valence-corrected chi connectivity index (χ2v) is 4.69. The summed E-state index contributed by atoms with van der Waals surface area (Å²) in [7, 11) is 0. The van der Waals surface area contributed by atoms with E-state index in [4.69, 9.17) is 9.47 Å². The van der Waals surface area contributed by atoms with Gasteiger partial charge >= 0.3 is 0 Å². The average Bonchev–Trinajstić information content (AvgIpc) is 2.46. The van der Waals surface area contributed by atoms with E-state index in [0.717, 1.165) is 6.54 Å². The predicted octanol–water partition coefficient (Wildman–Crippen LogP) is 0.698. The molecule has 1 aromatic rings. The molecule has 5 nitrogen and oxygen atoms in total. The zero-order chi connectivity index (χ0) is 14.4. The van der Waals surface area contributed by atoms with E-state index in [1.54, 1.807) is 12.1 Å². The van der Waals surface area contributed by atoms with E-state index in [9.17, 15) is 9.18 Å². The van der Waals surface area contributed by atoms with Crippen molar-refractivity contribution in [3.05, 3.63) is 30.1 Å². The van der Waals surface area contributed by atoms with Crippen molar-refractivity contribution >= 4 is 5.91 Å². The molecule has 0 aliphatic carbocycles. The molecule has 20 heavy (non-hydrogen) atoms. The molecule has 1 aliphatic rings. The molecule has 2 atom stereocenters. The van der Waals surface area contributed by atoms with Crippen LogP contribution in [-0.4, -0.2) is 44.4 Å². The molecule has 0 radical (unpaired) electrons. The number of hydrogen-bond donors (Lipinski definition) is 2. The Bertz CT molecular complexity index is 450. The van der Waals surface area contributed by atoms with Gasteiger partial charge in [0.15, 0.2) is 0 Å². The van der Waals surface area contributed by atoms with Crippen LogP contribution in [0.2, 0.25) is 0 Å². The van der Waals surface area contributed by atoms with Crippen LogP contribution in [0.5, 0.6) is 5.75 Å². The van der Waals surface area contributed by atoms with Crippen molar-refractivity contribution in [1.29, 1.82) is 0 Å². The van der Waals surface area contributed by atoms with Crippen molar-refractivity contribution in [2.24, 2.45) is 0 Å². The summed E-state index contributed by atoms with van der Waals surface area (Å²) in [5, 5.41) is 5.86. The first-order valence-corrected chi connectivity index (χ1v) is 6.67. The third-order valence-corrected chi connectivity index (χ3v) is 2.92. The number of ether oxygens (including phenoxy) is 2. The number of halogens is 1. The van der Waals surface area contributed by atoms with Crippen LogP contribution >= 0.6 is 0 Å². The standard InChI is InChI=1S/C14H19FN2O3/c1-10(20-12-4-2-3-11(15)7-12)8-17-14(18)13-9-16-5-6-19-13/h2-4,7,10,13,16H,5-6,8-9H2,1H3,(H,17,18). The summed E-state index contributed by atoms with van der Waals surface area (Å²) >= 11 is 0. The summed E-state index contributed by atoms with van der Waals surface area (Å²) in [5.74, 6) is -0.0605. The molecule has 1 heterocycles. The third-order valence-electron chi connectivity index (χ3n) is 2.92. The fraction of sp³-hybridized carbons (Fsp3) is 0.500. The number of nitrogens with one attached hydrogen (secondary N) is 2. The second-order valence-electron chi connectivity index (χ2n) is 4.69. The quantitative estimate of drug-likeness (QED) is 0.834. The summed E-state index contributed by atoms with van der Waals surface area (Å²) in [6.07, 6.45) is -0.706. The number of benzene rings is 1. The molecule has 0 saturated carbocycles. The van der Waals surface area contributed by atoms with Gasteiger partial charge in [0.25, 0.3) is 5.91 Å². The van der Waals surface area contributed by atoms with Gasteiger partial charge in [0.1, 0.15) is 23.8 Å². The van der Waals surface area contributed by atoms with Crippen LogP contribution in [0.15, 0.2) is 24.3 Å². The summed E-state index contributed by atoms with van der Waals surface area (Å²) in [5.41, 5.74) is 0. The lowest BCUT2D eigenvalue weighted by Gasteiger charge is -2.23. The summed E-state index contributed by atoms with van der Waals surface area (Å²) in [6, 6.07) is 5.92. The van der Waals surface area contributed by atoms with Crippen LogP contribution in [0, 0.1) is 5.82 Å². The van der Waals surface area contributed by atoms with Gasteiger partial charge in [-0.1, -0.05) is 6.07 Å². The van der Waals surface area contributed by atoms with Crippen molar-refractivity contribution in [2.45, 2.75) is 19.1 Å². The normalized spacial score (nSPS) is 20.2. The summed E-state index contributed by atoms with van der Waals surface area (Å²) in [4.78, 5) is 11.8. The topological polar surface area (TPSA) is 59.6 Å². The first-order valence-electron chi connectivity index (χ1n) is 6.67. The first kappa shape index (κ1) is 14.7. The number of amides is 1. The zero-order valence-electron chi connectivity index (χ0n) is 11.4. The van der Waals surface area contributed by atoms with Gasteiger partial charge in [-0.3, -0.25) is 4.79 Å². The molecule has 2 N–H and O–H groups in total. The molecule has 1 amide bonds. The number of carbonyl (C=O) groups excluding carboxylic acids is 1. The second kappa shape index (κ2) is 7.21.